The van der Waals surface area contributed by atoms with Crippen LogP contribution in [0, 0.1) is 6.92 Å². The maximum absolute atomic E-state index is 2.33. The summed E-state index contributed by atoms with van der Waals surface area (Å²) in [5, 5.41) is 5.49. The van der Waals surface area contributed by atoms with E-state index < -0.39 is 0 Å². The largest absolute Gasteiger partial charge is 0.0619 e. The Morgan fingerprint density at radius 1 is 0.727 bits per heavy atom. The lowest BCUT2D eigenvalue weighted by atomic mass is 9.91. The van der Waals surface area contributed by atoms with Gasteiger partial charge in [-0.25, -0.2) is 0 Å². The van der Waals surface area contributed by atoms with Crippen molar-refractivity contribution in [2.45, 2.75) is 13.3 Å². The van der Waals surface area contributed by atoms with Gasteiger partial charge in [-0.1, -0.05) is 60.7 Å². The monoisotopic (exact) mass is 280 g/mol. The molecule has 0 heteroatoms. The summed E-state index contributed by atoms with van der Waals surface area (Å²) < 4.78 is 0. The molecule has 0 saturated heterocycles. The van der Waals surface area contributed by atoms with Gasteiger partial charge in [-0.2, -0.15) is 0 Å². The molecule has 0 N–H and O–H groups in total. The van der Waals surface area contributed by atoms with Gasteiger partial charge in [0.15, 0.2) is 0 Å². The third-order valence-corrected chi connectivity index (χ3v) is 5.04. The molecule has 0 nitrogen and oxygen atoms in total. The standard InChI is InChI=1S/C22H16/c1-14-19-8-4-2-6-15(19)12-17-10-11-18-13-16-7-3-5-9-20(16)22(18)21(14)17/h2-12H,13H2,1H3. The van der Waals surface area contributed by atoms with Crippen molar-refractivity contribution in [1.82, 2.24) is 0 Å². The van der Waals surface area contributed by atoms with Gasteiger partial charge >= 0.3 is 0 Å². The summed E-state index contributed by atoms with van der Waals surface area (Å²) in [5.74, 6) is 0. The molecule has 5 rings (SSSR count). The molecule has 0 fully saturated rings. The molecule has 0 spiro atoms. The van der Waals surface area contributed by atoms with Crippen molar-refractivity contribution in [2.75, 3.05) is 0 Å². The molecule has 1 aliphatic rings. The summed E-state index contributed by atoms with van der Waals surface area (Å²) >= 11 is 0. The second-order valence-electron chi connectivity index (χ2n) is 6.25. The van der Waals surface area contributed by atoms with E-state index in [1.165, 1.54) is 49.4 Å². The van der Waals surface area contributed by atoms with E-state index in [4.69, 9.17) is 0 Å². The van der Waals surface area contributed by atoms with E-state index in [1.54, 1.807) is 0 Å². The van der Waals surface area contributed by atoms with Crippen LogP contribution in [0.5, 0.6) is 0 Å². The van der Waals surface area contributed by atoms with Crippen LogP contribution in [0.2, 0.25) is 0 Å². The lowest BCUT2D eigenvalue weighted by molar-refractivity contribution is 1.27. The van der Waals surface area contributed by atoms with Crippen molar-refractivity contribution in [2.24, 2.45) is 0 Å². The Balaban J connectivity index is 2.00. The van der Waals surface area contributed by atoms with Crippen LogP contribution >= 0.6 is 0 Å². The van der Waals surface area contributed by atoms with Gasteiger partial charge in [0.25, 0.3) is 0 Å². The maximum Gasteiger partial charge on any atom is -0.00132 e. The molecular weight excluding hydrogens is 264 g/mol. The predicted octanol–water partition coefficient (Wildman–Crippen LogP) is 5.87. The summed E-state index contributed by atoms with van der Waals surface area (Å²) in [6.07, 6.45) is 1.06. The number of rotatable bonds is 0. The molecule has 104 valence electrons. The van der Waals surface area contributed by atoms with Gasteiger partial charge in [-0.15, -0.1) is 0 Å². The van der Waals surface area contributed by atoms with Crippen molar-refractivity contribution in [3.63, 3.8) is 0 Å². The summed E-state index contributed by atoms with van der Waals surface area (Å²) in [7, 11) is 0. The highest BCUT2D eigenvalue weighted by molar-refractivity contribution is 6.10. The van der Waals surface area contributed by atoms with E-state index in [-0.39, 0.29) is 0 Å². The minimum atomic E-state index is 1.06. The zero-order valence-electron chi connectivity index (χ0n) is 12.6. The van der Waals surface area contributed by atoms with Crippen LogP contribution in [0.25, 0.3) is 32.7 Å². The molecule has 1 aliphatic carbocycles. The highest BCUT2D eigenvalue weighted by Crippen LogP contribution is 2.43. The lowest BCUT2D eigenvalue weighted by Gasteiger charge is -2.13. The van der Waals surface area contributed by atoms with E-state index in [1.807, 2.05) is 0 Å². The molecule has 0 heterocycles. The molecule has 4 aromatic rings. The molecule has 22 heavy (non-hydrogen) atoms. The average molecular weight is 280 g/mol. The molecule has 0 aromatic heterocycles. The van der Waals surface area contributed by atoms with Crippen LogP contribution in [0.1, 0.15) is 16.7 Å². The Hall–Kier alpha value is -2.60. The van der Waals surface area contributed by atoms with Gasteiger partial charge in [-0.05, 0) is 68.8 Å². The third kappa shape index (κ3) is 1.47. The van der Waals surface area contributed by atoms with Gasteiger partial charge in [0, 0.05) is 0 Å². The Labute approximate surface area is 130 Å². The number of fused-ring (bicyclic) bond motifs is 6. The van der Waals surface area contributed by atoms with Crippen molar-refractivity contribution in [1.29, 1.82) is 0 Å². The Bertz CT molecular complexity index is 1050. The lowest BCUT2D eigenvalue weighted by Crippen LogP contribution is -1.88. The zero-order valence-corrected chi connectivity index (χ0v) is 12.6. The van der Waals surface area contributed by atoms with E-state index in [0.29, 0.717) is 0 Å². The van der Waals surface area contributed by atoms with E-state index >= 15 is 0 Å². The van der Waals surface area contributed by atoms with Crippen LogP contribution in [0.3, 0.4) is 0 Å². The first-order chi connectivity index (χ1) is 10.8. The predicted molar refractivity (Wildman–Crippen MR) is 94.4 cm³/mol. The normalized spacial score (nSPS) is 12.6. The molecule has 0 amide bonds. The molecule has 0 bridgehead atoms. The summed E-state index contributed by atoms with van der Waals surface area (Å²) in [6.45, 7) is 2.27. The second kappa shape index (κ2) is 4.20. The van der Waals surface area contributed by atoms with Crippen molar-refractivity contribution in [3.05, 3.63) is 83.4 Å². The van der Waals surface area contributed by atoms with Crippen molar-refractivity contribution < 1.29 is 0 Å². The van der Waals surface area contributed by atoms with Gasteiger partial charge < -0.3 is 0 Å². The fourth-order valence-electron chi connectivity index (χ4n) is 4.03. The molecule has 0 saturated carbocycles. The molecule has 0 radical (unpaired) electrons. The first-order valence-electron chi connectivity index (χ1n) is 7.85. The molecule has 0 unspecified atom stereocenters. The third-order valence-electron chi connectivity index (χ3n) is 5.04. The maximum atomic E-state index is 2.33. The van der Waals surface area contributed by atoms with E-state index in [2.05, 4.69) is 73.7 Å². The summed E-state index contributed by atoms with van der Waals surface area (Å²) in [4.78, 5) is 0. The molecule has 4 aromatic carbocycles. The van der Waals surface area contributed by atoms with Gasteiger partial charge in [0.05, 0.1) is 0 Å². The smallest absolute Gasteiger partial charge is 0.00132 e. The van der Waals surface area contributed by atoms with Crippen LogP contribution in [0.15, 0.2) is 66.7 Å². The van der Waals surface area contributed by atoms with E-state index in [0.717, 1.165) is 6.42 Å². The van der Waals surface area contributed by atoms with Crippen molar-refractivity contribution >= 4 is 21.5 Å². The molecular formula is C22H16. The fraction of sp³-hybridized carbons (Fsp3) is 0.0909. The first kappa shape index (κ1) is 12.0. The number of hydrogen-bond acceptors (Lipinski definition) is 0. The van der Waals surface area contributed by atoms with Gasteiger partial charge in [0.2, 0.25) is 0 Å². The average Bonchev–Trinajstić information content (AvgIpc) is 2.93. The van der Waals surface area contributed by atoms with Crippen LogP contribution in [-0.4, -0.2) is 0 Å². The van der Waals surface area contributed by atoms with Crippen LogP contribution in [-0.2, 0) is 6.42 Å². The minimum Gasteiger partial charge on any atom is -0.0619 e. The highest BCUT2D eigenvalue weighted by atomic mass is 14.2. The molecule has 0 atom stereocenters. The Morgan fingerprint density at radius 2 is 1.55 bits per heavy atom. The number of aryl methyl sites for hydroxylation is 1. The Kier molecular flexibility index (Phi) is 2.29. The highest BCUT2D eigenvalue weighted by Gasteiger charge is 2.21. The van der Waals surface area contributed by atoms with Crippen LogP contribution < -0.4 is 0 Å². The number of hydrogen-bond donors (Lipinski definition) is 0. The Morgan fingerprint density at radius 3 is 2.50 bits per heavy atom. The second-order valence-corrected chi connectivity index (χ2v) is 6.25. The fourth-order valence-corrected chi connectivity index (χ4v) is 4.03. The van der Waals surface area contributed by atoms with E-state index in [9.17, 15) is 0 Å². The summed E-state index contributed by atoms with van der Waals surface area (Å²) in [6, 6.07) is 24.5. The SMILES string of the molecule is Cc1c2ccccc2cc2ccc3c(c12)-c1ccccc1C3. The van der Waals surface area contributed by atoms with Gasteiger partial charge in [0.1, 0.15) is 0 Å². The molecule has 0 aliphatic heterocycles. The first-order valence-corrected chi connectivity index (χ1v) is 7.85. The summed E-state index contributed by atoms with van der Waals surface area (Å²) in [5.41, 5.74) is 7.20. The van der Waals surface area contributed by atoms with Crippen LogP contribution in [0.4, 0.5) is 0 Å². The van der Waals surface area contributed by atoms with Crippen molar-refractivity contribution in [3.8, 4) is 11.1 Å². The number of benzene rings is 4. The minimum absolute atomic E-state index is 1.06. The zero-order chi connectivity index (χ0) is 14.7. The quantitative estimate of drug-likeness (QED) is 0.311. The topological polar surface area (TPSA) is 0 Å². The van der Waals surface area contributed by atoms with Gasteiger partial charge in [-0.3, -0.25) is 0 Å².